The molecule has 3 rings (SSSR count). The minimum atomic E-state index is 0.467. The van der Waals surface area contributed by atoms with Crippen molar-refractivity contribution in [2.75, 3.05) is 24.7 Å². The van der Waals surface area contributed by atoms with Crippen molar-refractivity contribution >= 4 is 17.6 Å². The number of hydrogen-bond donors (Lipinski definition) is 1. The lowest BCUT2D eigenvalue weighted by molar-refractivity contribution is 0.208. The largest absolute Gasteiger partial charge is 0.366 e. The van der Waals surface area contributed by atoms with Crippen LogP contribution in [0.1, 0.15) is 18.4 Å². The van der Waals surface area contributed by atoms with Gasteiger partial charge in [-0.25, -0.2) is 9.97 Å². The number of benzene rings is 1. The zero-order valence-electron chi connectivity index (χ0n) is 12.9. The highest BCUT2D eigenvalue weighted by atomic mass is 32.2. The summed E-state index contributed by atoms with van der Waals surface area (Å²) >= 11 is 1.79. The fourth-order valence-corrected chi connectivity index (χ4v) is 3.30. The third-order valence-electron chi connectivity index (χ3n) is 4.00. The normalized spacial score (nSPS) is 19.0. The van der Waals surface area contributed by atoms with Gasteiger partial charge in [0.2, 0.25) is 0 Å². The Morgan fingerprint density at radius 2 is 2.14 bits per heavy atom. The molecular formula is C17H22N4S. The summed E-state index contributed by atoms with van der Waals surface area (Å²) in [5.41, 5.74) is 1.39. The summed E-state index contributed by atoms with van der Waals surface area (Å²) in [6.07, 6.45) is 7.92. The van der Waals surface area contributed by atoms with Crippen LogP contribution in [0.4, 0.5) is 5.82 Å². The molecule has 22 heavy (non-hydrogen) atoms. The number of nitrogens with zero attached hydrogens (tertiary/aromatic N) is 3. The Balaban J connectivity index is 1.55. The highest BCUT2D eigenvalue weighted by molar-refractivity contribution is 7.98. The number of hydrogen-bond acceptors (Lipinski definition) is 5. The lowest BCUT2D eigenvalue weighted by Crippen LogP contribution is -2.41. The van der Waals surface area contributed by atoms with Crippen molar-refractivity contribution < 1.29 is 0 Å². The van der Waals surface area contributed by atoms with Crippen LogP contribution < -0.4 is 5.32 Å². The van der Waals surface area contributed by atoms with E-state index in [1.807, 2.05) is 6.07 Å². The number of likely N-dealkylation sites (tertiary alicyclic amines) is 1. The van der Waals surface area contributed by atoms with Crippen molar-refractivity contribution in [2.45, 2.75) is 30.3 Å². The van der Waals surface area contributed by atoms with Gasteiger partial charge in [-0.05, 0) is 49.4 Å². The van der Waals surface area contributed by atoms with Crippen molar-refractivity contribution in [2.24, 2.45) is 0 Å². The van der Waals surface area contributed by atoms with E-state index in [4.69, 9.17) is 0 Å². The number of nitrogens with one attached hydrogen (secondary N) is 1. The first kappa shape index (κ1) is 15.3. The number of thioether (sulfide) groups is 1. The van der Waals surface area contributed by atoms with Crippen molar-refractivity contribution in [3.63, 3.8) is 0 Å². The predicted octanol–water partition coefficient (Wildman–Crippen LogP) is 3.28. The van der Waals surface area contributed by atoms with Gasteiger partial charge in [0.25, 0.3) is 0 Å². The second-order valence-electron chi connectivity index (χ2n) is 5.66. The molecule has 0 saturated carbocycles. The Kier molecular flexibility index (Phi) is 5.29. The smallest absolute Gasteiger partial charge is 0.129 e. The molecule has 1 unspecified atom stereocenters. The maximum absolute atomic E-state index is 4.26. The molecule has 1 aliphatic heterocycles. The standard InChI is InChI=1S/C17H22N4S/c1-22-16-6-4-14(5-7-16)11-21-10-2-3-15(12-21)20-17-8-9-18-13-19-17/h4-9,13,15H,2-3,10-12H2,1H3,(H,18,19,20). The fourth-order valence-electron chi connectivity index (χ4n) is 2.89. The summed E-state index contributed by atoms with van der Waals surface area (Å²) in [5.74, 6) is 0.922. The van der Waals surface area contributed by atoms with Crippen LogP contribution in [-0.4, -0.2) is 40.3 Å². The highest BCUT2D eigenvalue weighted by Crippen LogP contribution is 2.19. The van der Waals surface area contributed by atoms with Crippen molar-refractivity contribution in [3.05, 3.63) is 48.4 Å². The topological polar surface area (TPSA) is 41.0 Å². The number of piperidine rings is 1. The summed E-state index contributed by atoms with van der Waals surface area (Å²) in [6.45, 7) is 3.26. The third kappa shape index (κ3) is 4.21. The summed E-state index contributed by atoms with van der Waals surface area (Å²) in [7, 11) is 0. The van der Waals surface area contributed by atoms with Gasteiger partial charge in [0, 0.05) is 30.2 Å². The molecule has 4 nitrogen and oxygen atoms in total. The summed E-state index contributed by atoms with van der Waals surface area (Å²) < 4.78 is 0. The maximum atomic E-state index is 4.26. The Bertz CT molecular complexity index is 573. The van der Waals surface area contributed by atoms with E-state index in [2.05, 4.69) is 50.7 Å². The summed E-state index contributed by atoms with van der Waals surface area (Å²) in [4.78, 5) is 12.1. The Morgan fingerprint density at radius 3 is 2.86 bits per heavy atom. The van der Waals surface area contributed by atoms with Crippen LogP contribution in [-0.2, 0) is 6.54 Å². The Labute approximate surface area is 136 Å². The molecule has 1 aliphatic rings. The third-order valence-corrected chi connectivity index (χ3v) is 4.75. The van der Waals surface area contributed by atoms with Gasteiger partial charge in [-0.2, -0.15) is 0 Å². The molecule has 1 fully saturated rings. The van der Waals surface area contributed by atoms with Gasteiger partial charge in [-0.3, -0.25) is 4.90 Å². The van der Waals surface area contributed by atoms with Gasteiger partial charge in [0.1, 0.15) is 12.1 Å². The van der Waals surface area contributed by atoms with E-state index in [1.165, 1.54) is 29.8 Å². The van der Waals surface area contributed by atoms with Crippen LogP contribution in [0.3, 0.4) is 0 Å². The molecule has 116 valence electrons. The van der Waals surface area contributed by atoms with Crippen molar-refractivity contribution in [3.8, 4) is 0 Å². The van der Waals surface area contributed by atoms with Crippen LogP contribution >= 0.6 is 11.8 Å². The first-order valence-electron chi connectivity index (χ1n) is 7.71. The van der Waals surface area contributed by atoms with E-state index in [-0.39, 0.29) is 0 Å². The number of aromatic nitrogens is 2. The molecule has 0 spiro atoms. The second-order valence-corrected chi connectivity index (χ2v) is 6.54. The molecule has 1 N–H and O–H groups in total. The molecule has 1 atom stereocenters. The monoisotopic (exact) mass is 314 g/mol. The van der Waals surface area contributed by atoms with E-state index in [0.717, 1.165) is 18.9 Å². The average molecular weight is 314 g/mol. The van der Waals surface area contributed by atoms with E-state index in [0.29, 0.717) is 6.04 Å². The molecule has 0 bridgehead atoms. The zero-order chi connectivity index (χ0) is 15.2. The van der Waals surface area contributed by atoms with E-state index in [9.17, 15) is 0 Å². The summed E-state index contributed by atoms with van der Waals surface area (Å²) in [5, 5.41) is 3.52. The van der Waals surface area contributed by atoms with Gasteiger partial charge in [0.05, 0.1) is 0 Å². The Morgan fingerprint density at radius 1 is 1.27 bits per heavy atom. The van der Waals surface area contributed by atoms with Crippen molar-refractivity contribution in [1.29, 1.82) is 0 Å². The van der Waals surface area contributed by atoms with Gasteiger partial charge in [-0.1, -0.05) is 12.1 Å². The lowest BCUT2D eigenvalue weighted by atomic mass is 10.0. The van der Waals surface area contributed by atoms with Crippen LogP contribution in [0.15, 0.2) is 47.8 Å². The second kappa shape index (κ2) is 7.61. The van der Waals surface area contributed by atoms with Gasteiger partial charge in [0.15, 0.2) is 0 Å². The Hall–Kier alpha value is -1.59. The van der Waals surface area contributed by atoms with Crippen LogP contribution in [0.5, 0.6) is 0 Å². The van der Waals surface area contributed by atoms with E-state index in [1.54, 1.807) is 24.3 Å². The zero-order valence-corrected chi connectivity index (χ0v) is 13.7. The first-order chi connectivity index (χ1) is 10.8. The van der Waals surface area contributed by atoms with Gasteiger partial charge >= 0.3 is 0 Å². The quantitative estimate of drug-likeness (QED) is 0.858. The number of anilines is 1. The van der Waals surface area contributed by atoms with Gasteiger partial charge < -0.3 is 5.32 Å². The molecule has 0 amide bonds. The SMILES string of the molecule is CSc1ccc(CN2CCCC(Nc3ccncn3)C2)cc1. The minimum absolute atomic E-state index is 0.467. The minimum Gasteiger partial charge on any atom is -0.366 e. The first-order valence-corrected chi connectivity index (χ1v) is 8.94. The molecule has 2 heterocycles. The predicted molar refractivity (Wildman–Crippen MR) is 92.2 cm³/mol. The molecule has 5 heteroatoms. The number of rotatable bonds is 5. The van der Waals surface area contributed by atoms with E-state index >= 15 is 0 Å². The summed E-state index contributed by atoms with van der Waals surface area (Å²) in [6, 6.07) is 11.3. The van der Waals surface area contributed by atoms with Crippen LogP contribution in [0.25, 0.3) is 0 Å². The fraction of sp³-hybridized carbons (Fsp3) is 0.412. The average Bonchev–Trinajstić information content (AvgIpc) is 2.57. The molecular weight excluding hydrogens is 292 g/mol. The van der Waals surface area contributed by atoms with E-state index < -0.39 is 0 Å². The molecule has 0 aliphatic carbocycles. The maximum Gasteiger partial charge on any atom is 0.129 e. The molecule has 1 aromatic carbocycles. The van der Waals surface area contributed by atoms with Crippen LogP contribution in [0, 0.1) is 0 Å². The lowest BCUT2D eigenvalue weighted by Gasteiger charge is -2.33. The van der Waals surface area contributed by atoms with Crippen LogP contribution in [0.2, 0.25) is 0 Å². The molecule has 1 aromatic heterocycles. The van der Waals surface area contributed by atoms with Gasteiger partial charge in [-0.15, -0.1) is 11.8 Å². The molecule has 0 radical (unpaired) electrons. The molecule has 2 aromatic rings. The van der Waals surface area contributed by atoms with Crippen molar-refractivity contribution in [1.82, 2.24) is 14.9 Å². The molecule has 1 saturated heterocycles. The highest BCUT2D eigenvalue weighted by Gasteiger charge is 2.20.